The maximum Gasteiger partial charge on any atom is 0.0583 e. The Morgan fingerprint density at radius 3 is 3.22 bits per heavy atom. The van der Waals surface area contributed by atoms with Crippen molar-refractivity contribution in [3.63, 3.8) is 0 Å². The van der Waals surface area contributed by atoms with Crippen LogP contribution < -0.4 is 0 Å². The van der Waals surface area contributed by atoms with Gasteiger partial charge in [0.2, 0.25) is 0 Å². The summed E-state index contributed by atoms with van der Waals surface area (Å²) in [6.07, 6.45) is 6.52. The lowest BCUT2D eigenvalue weighted by Crippen LogP contribution is -2.03. The van der Waals surface area contributed by atoms with Crippen molar-refractivity contribution in [1.82, 2.24) is 0 Å². The lowest BCUT2D eigenvalue weighted by molar-refractivity contribution is 0.168. The van der Waals surface area contributed by atoms with Crippen LogP contribution in [0, 0.1) is 0 Å². The highest BCUT2D eigenvalue weighted by Gasteiger charge is 2.05. The molecule has 1 N–H and O–H groups in total. The maximum absolute atomic E-state index is 9.16. The van der Waals surface area contributed by atoms with Crippen molar-refractivity contribution >= 4 is 0 Å². The van der Waals surface area contributed by atoms with E-state index in [4.69, 9.17) is 5.11 Å². The largest absolute Gasteiger partial charge is 0.393 e. The Hall–Kier alpha value is -0.560. The highest BCUT2D eigenvalue weighted by Crippen LogP contribution is 2.14. The van der Waals surface area contributed by atoms with Crippen LogP contribution in [0.2, 0.25) is 0 Å². The molecule has 0 aromatic rings. The van der Waals surface area contributed by atoms with Gasteiger partial charge in [0.25, 0.3) is 0 Å². The van der Waals surface area contributed by atoms with Gasteiger partial charge in [0.1, 0.15) is 0 Å². The summed E-state index contributed by atoms with van der Waals surface area (Å²) in [5, 5.41) is 9.16. The summed E-state index contributed by atoms with van der Waals surface area (Å²) in [6.45, 7) is 3.78. The lowest BCUT2D eigenvalue weighted by Gasteiger charge is -2.04. The first-order chi connectivity index (χ1) is 4.29. The van der Waals surface area contributed by atoms with Gasteiger partial charge in [0, 0.05) is 0 Å². The molecule has 0 radical (unpaired) electrons. The van der Waals surface area contributed by atoms with Crippen molar-refractivity contribution in [3.05, 3.63) is 24.3 Å². The third-order valence-corrected chi connectivity index (χ3v) is 1.52. The zero-order chi connectivity index (χ0) is 6.69. The summed E-state index contributed by atoms with van der Waals surface area (Å²) in [4.78, 5) is 0. The lowest BCUT2D eigenvalue weighted by atomic mass is 10.1. The van der Waals surface area contributed by atoms with E-state index in [-0.39, 0.29) is 6.10 Å². The number of rotatable bonds is 0. The van der Waals surface area contributed by atoms with Gasteiger partial charge in [0.15, 0.2) is 0 Å². The van der Waals surface area contributed by atoms with Gasteiger partial charge in [-0.1, -0.05) is 24.3 Å². The van der Waals surface area contributed by atoms with Crippen LogP contribution in [0.1, 0.15) is 19.3 Å². The first kappa shape index (κ1) is 6.56. The van der Waals surface area contributed by atoms with Crippen molar-refractivity contribution in [2.75, 3.05) is 0 Å². The van der Waals surface area contributed by atoms with Gasteiger partial charge in [-0.2, -0.15) is 0 Å². The molecule has 1 heteroatoms. The van der Waals surface area contributed by atoms with Gasteiger partial charge < -0.3 is 5.11 Å². The van der Waals surface area contributed by atoms with E-state index in [2.05, 4.69) is 12.7 Å². The van der Waals surface area contributed by atoms with Crippen molar-refractivity contribution in [2.24, 2.45) is 0 Å². The van der Waals surface area contributed by atoms with Gasteiger partial charge in [-0.25, -0.2) is 0 Å². The van der Waals surface area contributed by atoms with Crippen LogP contribution in [-0.2, 0) is 0 Å². The van der Waals surface area contributed by atoms with Crippen molar-refractivity contribution < 1.29 is 5.11 Å². The molecular weight excluding hydrogens is 112 g/mol. The molecule has 0 amide bonds. The van der Waals surface area contributed by atoms with Crippen molar-refractivity contribution in [2.45, 2.75) is 25.4 Å². The monoisotopic (exact) mass is 124 g/mol. The molecule has 0 fully saturated rings. The molecule has 0 heterocycles. The summed E-state index contributed by atoms with van der Waals surface area (Å²) in [5.74, 6) is 0. The van der Waals surface area contributed by atoms with Crippen LogP contribution in [-0.4, -0.2) is 11.2 Å². The molecule has 1 unspecified atom stereocenters. The molecule has 1 aliphatic carbocycles. The third kappa shape index (κ3) is 2.02. The highest BCUT2D eigenvalue weighted by atomic mass is 16.3. The van der Waals surface area contributed by atoms with Gasteiger partial charge in [0.05, 0.1) is 6.10 Å². The van der Waals surface area contributed by atoms with Crippen LogP contribution >= 0.6 is 0 Å². The molecule has 1 rings (SSSR count). The molecule has 1 aliphatic rings. The standard InChI is InChI=1S/C8H12O/c1-7-4-2-3-5-8(9)6-7/h2,4,8-9H,1,3,5-6H2. The average molecular weight is 124 g/mol. The number of allylic oxidation sites excluding steroid dienone is 2. The van der Waals surface area contributed by atoms with E-state index in [0.29, 0.717) is 0 Å². The molecule has 1 atom stereocenters. The molecule has 0 aliphatic heterocycles. The smallest absolute Gasteiger partial charge is 0.0583 e. The Labute approximate surface area is 55.7 Å². The fourth-order valence-electron chi connectivity index (χ4n) is 1.01. The van der Waals surface area contributed by atoms with Crippen molar-refractivity contribution in [1.29, 1.82) is 0 Å². The second-order valence-electron chi connectivity index (χ2n) is 2.50. The van der Waals surface area contributed by atoms with Crippen LogP contribution in [0.3, 0.4) is 0 Å². The van der Waals surface area contributed by atoms with E-state index in [0.717, 1.165) is 24.8 Å². The normalized spacial score (nSPS) is 28.1. The van der Waals surface area contributed by atoms with E-state index in [1.54, 1.807) is 0 Å². The molecule has 0 saturated heterocycles. The molecule has 0 saturated carbocycles. The van der Waals surface area contributed by atoms with Gasteiger partial charge in [-0.05, 0) is 19.3 Å². The molecule has 1 nitrogen and oxygen atoms in total. The second-order valence-corrected chi connectivity index (χ2v) is 2.50. The Morgan fingerprint density at radius 2 is 2.44 bits per heavy atom. The van der Waals surface area contributed by atoms with Crippen LogP contribution in [0.5, 0.6) is 0 Å². The number of aliphatic hydroxyl groups excluding tert-OH is 1. The minimum absolute atomic E-state index is 0.160. The molecule has 0 aromatic heterocycles. The Balaban J connectivity index is 2.50. The molecule has 0 aromatic carbocycles. The maximum atomic E-state index is 9.16. The predicted octanol–water partition coefficient (Wildman–Crippen LogP) is 1.64. The topological polar surface area (TPSA) is 20.2 Å². The Kier molecular flexibility index (Phi) is 2.06. The number of hydrogen-bond donors (Lipinski definition) is 1. The molecule has 0 bridgehead atoms. The van der Waals surface area contributed by atoms with Crippen molar-refractivity contribution in [3.8, 4) is 0 Å². The number of aliphatic hydroxyl groups is 1. The van der Waals surface area contributed by atoms with E-state index in [1.165, 1.54) is 0 Å². The Morgan fingerprint density at radius 1 is 1.67 bits per heavy atom. The van der Waals surface area contributed by atoms with E-state index >= 15 is 0 Å². The summed E-state index contributed by atoms with van der Waals surface area (Å²) in [6, 6.07) is 0. The average Bonchev–Trinajstić information content (AvgIpc) is 1.93. The SMILES string of the molecule is C=C1C=CCCC(O)C1. The predicted molar refractivity (Wildman–Crippen MR) is 38.1 cm³/mol. The molecular formula is C8H12O. The molecule has 50 valence electrons. The van der Waals surface area contributed by atoms with Gasteiger partial charge in [-0.3, -0.25) is 0 Å². The minimum Gasteiger partial charge on any atom is -0.393 e. The van der Waals surface area contributed by atoms with Crippen LogP contribution in [0.25, 0.3) is 0 Å². The first-order valence-electron chi connectivity index (χ1n) is 3.31. The zero-order valence-corrected chi connectivity index (χ0v) is 5.51. The van der Waals surface area contributed by atoms with Gasteiger partial charge in [-0.15, -0.1) is 0 Å². The third-order valence-electron chi connectivity index (χ3n) is 1.52. The number of hydrogen-bond acceptors (Lipinski definition) is 1. The van der Waals surface area contributed by atoms with Crippen LogP contribution in [0.4, 0.5) is 0 Å². The quantitative estimate of drug-likeness (QED) is 0.520. The zero-order valence-electron chi connectivity index (χ0n) is 5.51. The fraction of sp³-hybridized carbons (Fsp3) is 0.500. The minimum atomic E-state index is -0.160. The van der Waals surface area contributed by atoms with E-state index in [1.807, 2.05) is 6.08 Å². The van der Waals surface area contributed by atoms with Crippen LogP contribution in [0.15, 0.2) is 24.3 Å². The summed E-state index contributed by atoms with van der Waals surface area (Å²) in [5.41, 5.74) is 1.04. The summed E-state index contributed by atoms with van der Waals surface area (Å²) in [7, 11) is 0. The van der Waals surface area contributed by atoms with E-state index < -0.39 is 0 Å². The van der Waals surface area contributed by atoms with E-state index in [9.17, 15) is 0 Å². The second kappa shape index (κ2) is 2.83. The molecule has 0 spiro atoms. The van der Waals surface area contributed by atoms with Gasteiger partial charge >= 0.3 is 0 Å². The Bertz CT molecular complexity index is 136. The fourth-order valence-corrected chi connectivity index (χ4v) is 1.01. The summed E-state index contributed by atoms with van der Waals surface area (Å²) < 4.78 is 0. The first-order valence-corrected chi connectivity index (χ1v) is 3.31. The highest BCUT2D eigenvalue weighted by molar-refractivity contribution is 5.16. The molecule has 9 heavy (non-hydrogen) atoms. The summed E-state index contributed by atoms with van der Waals surface area (Å²) >= 11 is 0.